The fourth-order valence-electron chi connectivity index (χ4n) is 2.29. The number of halogens is 7. The van der Waals surface area contributed by atoms with E-state index in [2.05, 4.69) is 11.7 Å². The summed E-state index contributed by atoms with van der Waals surface area (Å²) in [5.74, 6) is -16.6. The summed E-state index contributed by atoms with van der Waals surface area (Å²) in [5, 5.41) is 0. The first-order chi connectivity index (χ1) is 12.8. The second-order valence-corrected chi connectivity index (χ2v) is 6.50. The number of alkyl halides is 7. The van der Waals surface area contributed by atoms with Crippen LogP contribution in [0.3, 0.4) is 0 Å². The SMILES string of the molecule is CCCCCCCCCCOC(=O)CN(C)C(=O)C(F)(F)C(F)(F)C(F)(F)F. The van der Waals surface area contributed by atoms with E-state index in [1.165, 1.54) is 0 Å². The van der Waals surface area contributed by atoms with Crippen molar-refractivity contribution in [2.75, 3.05) is 20.2 Å². The van der Waals surface area contributed by atoms with Gasteiger partial charge in [0.1, 0.15) is 6.54 Å². The third-order valence-corrected chi connectivity index (χ3v) is 3.99. The molecule has 0 aromatic carbocycles. The molecule has 4 nitrogen and oxygen atoms in total. The van der Waals surface area contributed by atoms with Crippen LogP contribution in [0.25, 0.3) is 0 Å². The number of likely N-dealkylation sites (N-methyl/N-ethyl adjacent to an activating group) is 1. The Hall–Kier alpha value is -1.55. The Morgan fingerprint density at radius 3 is 1.75 bits per heavy atom. The molecular weight excluding hydrogens is 399 g/mol. The van der Waals surface area contributed by atoms with Crippen LogP contribution in [-0.4, -0.2) is 55.0 Å². The molecule has 0 aliphatic rings. The molecular formula is C17H26F7NO3. The van der Waals surface area contributed by atoms with E-state index < -0.39 is 36.4 Å². The van der Waals surface area contributed by atoms with Crippen LogP contribution >= 0.6 is 0 Å². The van der Waals surface area contributed by atoms with E-state index in [-0.39, 0.29) is 11.5 Å². The van der Waals surface area contributed by atoms with E-state index in [4.69, 9.17) is 0 Å². The molecule has 0 spiro atoms. The molecule has 0 saturated carbocycles. The maximum absolute atomic E-state index is 13.3. The third-order valence-electron chi connectivity index (χ3n) is 3.99. The van der Waals surface area contributed by atoms with Gasteiger partial charge in [-0.1, -0.05) is 51.9 Å². The second kappa shape index (κ2) is 11.5. The lowest BCUT2D eigenvalue weighted by atomic mass is 10.1. The predicted molar refractivity (Wildman–Crippen MR) is 87.2 cm³/mol. The summed E-state index contributed by atoms with van der Waals surface area (Å²) in [7, 11) is 0.514. The van der Waals surface area contributed by atoms with Crippen molar-refractivity contribution in [2.45, 2.75) is 76.3 Å². The lowest BCUT2D eigenvalue weighted by Crippen LogP contribution is -2.60. The van der Waals surface area contributed by atoms with E-state index >= 15 is 0 Å². The van der Waals surface area contributed by atoms with Crippen molar-refractivity contribution in [1.29, 1.82) is 0 Å². The fourth-order valence-corrected chi connectivity index (χ4v) is 2.29. The summed E-state index contributed by atoms with van der Waals surface area (Å²) in [6.07, 6.45) is 1.09. The molecule has 0 radical (unpaired) electrons. The zero-order valence-corrected chi connectivity index (χ0v) is 15.9. The van der Waals surface area contributed by atoms with Crippen molar-refractivity contribution >= 4 is 11.9 Å². The molecule has 0 unspecified atom stereocenters. The minimum Gasteiger partial charge on any atom is -0.464 e. The number of hydrogen-bond acceptors (Lipinski definition) is 3. The normalized spacial score (nSPS) is 12.8. The average Bonchev–Trinajstić information content (AvgIpc) is 2.58. The largest absolute Gasteiger partial charge is 0.464 e. The summed E-state index contributed by atoms with van der Waals surface area (Å²) in [6.45, 7) is 0.868. The topological polar surface area (TPSA) is 46.6 Å². The summed E-state index contributed by atoms with van der Waals surface area (Å²) in [6, 6.07) is 0. The minimum atomic E-state index is -6.62. The van der Waals surface area contributed by atoms with Crippen molar-refractivity contribution in [3.8, 4) is 0 Å². The molecule has 0 rings (SSSR count). The van der Waals surface area contributed by atoms with Crippen molar-refractivity contribution in [2.24, 2.45) is 0 Å². The Balaban J connectivity index is 4.28. The first-order valence-electron chi connectivity index (χ1n) is 9.02. The smallest absolute Gasteiger partial charge is 0.460 e. The Bertz CT molecular complexity index is 496. The van der Waals surface area contributed by atoms with Crippen LogP contribution in [0.1, 0.15) is 58.3 Å². The molecule has 0 aliphatic carbocycles. The minimum absolute atomic E-state index is 0.0646. The Morgan fingerprint density at radius 1 is 0.821 bits per heavy atom. The van der Waals surface area contributed by atoms with Gasteiger partial charge >= 0.3 is 24.0 Å². The van der Waals surface area contributed by atoms with Crippen LogP contribution in [0.4, 0.5) is 30.7 Å². The van der Waals surface area contributed by atoms with E-state index in [0.29, 0.717) is 13.5 Å². The molecule has 0 N–H and O–H groups in total. The number of amides is 1. The van der Waals surface area contributed by atoms with Gasteiger partial charge in [0.25, 0.3) is 5.91 Å². The van der Waals surface area contributed by atoms with Crippen molar-refractivity contribution in [3.05, 3.63) is 0 Å². The quantitative estimate of drug-likeness (QED) is 0.238. The molecule has 0 aromatic heterocycles. The maximum atomic E-state index is 13.3. The van der Waals surface area contributed by atoms with Gasteiger partial charge in [-0.2, -0.15) is 30.7 Å². The number of esters is 1. The summed E-state index contributed by atoms with van der Waals surface area (Å²) in [4.78, 5) is 22.6. The van der Waals surface area contributed by atoms with Gasteiger partial charge in [-0.3, -0.25) is 9.59 Å². The number of ether oxygens (including phenoxy) is 1. The van der Waals surface area contributed by atoms with E-state index in [1.807, 2.05) is 0 Å². The van der Waals surface area contributed by atoms with Crippen LogP contribution in [0.15, 0.2) is 0 Å². The first kappa shape index (κ1) is 26.4. The number of unbranched alkanes of at least 4 members (excludes halogenated alkanes) is 7. The highest BCUT2D eigenvalue weighted by atomic mass is 19.4. The van der Waals surface area contributed by atoms with E-state index in [1.54, 1.807) is 0 Å². The van der Waals surface area contributed by atoms with Crippen molar-refractivity contribution in [3.63, 3.8) is 0 Å². The summed E-state index contributed by atoms with van der Waals surface area (Å²) >= 11 is 0. The highest BCUT2D eigenvalue weighted by molar-refractivity contribution is 5.87. The van der Waals surface area contributed by atoms with Gasteiger partial charge in [0.05, 0.1) is 6.61 Å². The molecule has 166 valence electrons. The molecule has 0 saturated heterocycles. The van der Waals surface area contributed by atoms with Crippen LogP contribution in [-0.2, 0) is 14.3 Å². The molecule has 0 aliphatic heterocycles. The van der Waals surface area contributed by atoms with Crippen LogP contribution in [0.2, 0.25) is 0 Å². The number of rotatable bonds is 13. The Kier molecular flexibility index (Phi) is 10.8. The molecule has 0 bridgehead atoms. The maximum Gasteiger partial charge on any atom is 0.460 e. The van der Waals surface area contributed by atoms with E-state index in [9.17, 15) is 40.3 Å². The average molecular weight is 425 g/mol. The van der Waals surface area contributed by atoms with Gasteiger partial charge in [-0.25, -0.2) is 0 Å². The van der Waals surface area contributed by atoms with E-state index in [0.717, 1.165) is 44.9 Å². The zero-order valence-electron chi connectivity index (χ0n) is 15.9. The highest BCUT2D eigenvalue weighted by Crippen LogP contribution is 2.47. The molecule has 0 fully saturated rings. The van der Waals surface area contributed by atoms with Gasteiger partial charge in [0, 0.05) is 7.05 Å². The monoisotopic (exact) mass is 425 g/mol. The third kappa shape index (κ3) is 7.83. The number of carbonyl (C=O) groups is 2. The molecule has 0 atom stereocenters. The standard InChI is InChI=1S/C17H26F7NO3/c1-3-4-5-6-7-8-9-10-11-28-13(26)12-25(2)14(27)15(18,19)16(20,21)17(22,23)24/h3-12H2,1-2H3. The van der Waals surface area contributed by atoms with Crippen LogP contribution in [0.5, 0.6) is 0 Å². The fraction of sp³-hybridized carbons (Fsp3) is 0.882. The van der Waals surface area contributed by atoms with Gasteiger partial charge in [-0.15, -0.1) is 0 Å². The van der Waals surface area contributed by atoms with Crippen molar-refractivity contribution in [1.82, 2.24) is 4.90 Å². The predicted octanol–water partition coefficient (Wildman–Crippen LogP) is 4.96. The van der Waals surface area contributed by atoms with Gasteiger partial charge in [0.15, 0.2) is 0 Å². The molecule has 1 amide bonds. The van der Waals surface area contributed by atoms with Crippen LogP contribution < -0.4 is 0 Å². The first-order valence-corrected chi connectivity index (χ1v) is 9.02. The molecule has 0 aromatic rings. The second-order valence-electron chi connectivity index (χ2n) is 6.50. The zero-order chi connectivity index (χ0) is 22.0. The van der Waals surface area contributed by atoms with Gasteiger partial charge in [-0.05, 0) is 6.42 Å². The number of hydrogen-bond donors (Lipinski definition) is 0. The Morgan fingerprint density at radius 2 is 1.29 bits per heavy atom. The van der Waals surface area contributed by atoms with Gasteiger partial charge < -0.3 is 9.64 Å². The number of carbonyl (C=O) groups excluding carboxylic acids is 2. The molecule has 11 heteroatoms. The lowest BCUT2D eigenvalue weighted by Gasteiger charge is -2.29. The summed E-state index contributed by atoms with van der Waals surface area (Å²) in [5.41, 5.74) is 0. The molecule has 0 heterocycles. The number of nitrogens with zero attached hydrogens (tertiary/aromatic N) is 1. The molecule has 28 heavy (non-hydrogen) atoms. The van der Waals surface area contributed by atoms with Crippen LogP contribution in [0, 0.1) is 0 Å². The highest BCUT2D eigenvalue weighted by Gasteiger charge is 2.76. The van der Waals surface area contributed by atoms with Crippen molar-refractivity contribution < 1.29 is 45.1 Å². The Labute approximate surface area is 159 Å². The summed E-state index contributed by atoms with van der Waals surface area (Å²) < 4.78 is 93.2. The van der Waals surface area contributed by atoms with Gasteiger partial charge in [0.2, 0.25) is 0 Å². The lowest BCUT2D eigenvalue weighted by molar-refractivity contribution is -0.345.